The van der Waals surface area contributed by atoms with E-state index in [9.17, 15) is 14.7 Å². The first-order chi connectivity index (χ1) is 9.91. The van der Waals surface area contributed by atoms with Gasteiger partial charge in [0.05, 0.1) is 11.7 Å². The lowest BCUT2D eigenvalue weighted by Gasteiger charge is -2.39. The fourth-order valence-electron chi connectivity index (χ4n) is 2.81. The highest BCUT2D eigenvalue weighted by Gasteiger charge is 2.39. The highest BCUT2D eigenvalue weighted by Crippen LogP contribution is 2.34. The van der Waals surface area contributed by atoms with E-state index in [0.717, 1.165) is 25.1 Å². The van der Waals surface area contributed by atoms with Gasteiger partial charge >= 0.3 is 5.97 Å². The molecule has 21 heavy (non-hydrogen) atoms. The molecule has 0 saturated carbocycles. The van der Waals surface area contributed by atoms with Crippen LogP contribution in [-0.2, 0) is 16.0 Å². The third-order valence-corrected chi connectivity index (χ3v) is 4.51. The molecule has 116 valence electrons. The molecule has 1 amide bonds. The third-order valence-electron chi connectivity index (χ3n) is 4.51. The van der Waals surface area contributed by atoms with Gasteiger partial charge in [-0.05, 0) is 44.7 Å². The van der Waals surface area contributed by atoms with Crippen molar-refractivity contribution < 1.29 is 19.1 Å². The molecule has 5 heteroatoms. The van der Waals surface area contributed by atoms with Gasteiger partial charge in [0.15, 0.2) is 0 Å². The van der Waals surface area contributed by atoms with Crippen LogP contribution in [0.15, 0.2) is 22.8 Å². The Hall–Kier alpha value is -1.78. The molecule has 1 aliphatic rings. The first kappa shape index (κ1) is 15.6. The molecule has 1 atom stereocenters. The second kappa shape index (κ2) is 6.33. The number of carbonyl (C=O) groups excluding carboxylic acids is 1. The maximum absolute atomic E-state index is 12.3. The number of likely N-dealkylation sites (tertiary alicyclic amines) is 1. The quantitative estimate of drug-likeness (QED) is 0.905. The van der Waals surface area contributed by atoms with Gasteiger partial charge in [-0.15, -0.1) is 0 Å². The van der Waals surface area contributed by atoms with Gasteiger partial charge in [0.1, 0.15) is 5.76 Å². The summed E-state index contributed by atoms with van der Waals surface area (Å²) in [5.41, 5.74) is -0.792. The Morgan fingerprint density at radius 2 is 2.24 bits per heavy atom. The molecule has 0 bridgehead atoms. The summed E-state index contributed by atoms with van der Waals surface area (Å²) >= 11 is 0. The van der Waals surface area contributed by atoms with E-state index in [4.69, 9.17) is 4.42 Å². The van der Waals surface area contributed by atoms with Crippen molar-refractivity contribution in [1.29, 1.82) is 0 Å². The van der Waals surface area contributed by atoms with Crippen molar-refractivity contribution in [3.05, 3.63) is 24.2 Å². The molecule has 1 unspecified atom stereocenters. The molecular formula is C16H23NO4. The molecule has 0 aromatic carbocycles. The van der Waals surface area contributed by atoms with Crippen LogP contribution in [0.5, 0.6) is 0 Å². The predicted octanol–water partition coefficient (Wildman–Crippen LogP) is 2.56. The molecule has 1 saturated heterocycles. The van der Waals surface area contributed by atoms with E-state index < -0.39 is 11.4 Å². The number of rotatable bonds is 5. The lowest BCUT2D eigenvalue weighted by molar-refractivity contribution is -0.153. The fourth-order valence-corrected chi connectivity index (χ4v) is 2.81. The maximum atomic E-state index is 12.3. The van der Waals surface area contributed by atoms with E-state index in [1.165, 1.54) is 0 Å². The summed E-state index contributed by atoms with van der Waals surface area (Å²) in [6, 6.07) is 3.67. The highest BCUT2D eigenvalue weighted by atomic mass is 16.4. The lowest BCUT2D eigenvalue weighted by Crippen LogP contribution is -2.46. The number of carboxylic acids is 1. The first-order valence-corrected chi connectivity index (χ1v) is 7.45. The summed E-state index contributed by atoms with van der Waals surface area (Å²) in [7, 11) is 0. The molecule has 5 nitrogen and oxygen atoms in total. The van der Waals surface area contributed by atoms with Gasteiger partial charge in [-0.3, -0.25) is 9.59 Å². The van der Waals surface area contributed by atoms with Gasteiger partial charge in [0.2, 0.25) is 5.91 Å². The van der Waals surface area contributed by atoms with Crippen LogP contribution >= 0.6 is 0 Å². The zero-order valence-electron chi connectivity index (χ0n) is 12.7. The zero-order chi connectivity index (χ0) is 15.5. The molecule has 2 rings (SSSR count). The average molecular weight is 293 g/mol. The van der Waals surface area contributed by atoms with Crippen LogP contribution in [-0.4, -0.2) is 35.0 Å². The van der Waals surface area contributed by atoms with Crippen molar-refractivity contribution in [2.45, 2.75) is 39.5 Å². The van der Waals surface area contributed by atoms with Crippen molar-refractivity contribution in [3.8, 4) is 0 Å². The Bertz CT molecular complexity index is 492. The minimum Gasteiger partial charge on any atom is -0.481 e. The molecule has 1 aromatic rings. The lowest BCUT2D eigenvalue weighted by atomic mass is 9.74. The summed E-state index contributed by atoms with van der Waals surface area (Å²) in [5, 5.41) is 9.33. The van der Waals surface area contributed by atoms with E-state index in [-0.39, 0.29) is 11.8 Å². The minimum atomic E-state index is -0.794. The van der Waals surface area contributed by atoms with Crippen LogP contribution in [0, 0.1) is 11.3 Å². The number of aliphatic carboxylic acids is 1. The van der Waals surface area contributed by atoms with E-state index in [0.29, 0.717) is 19.4 Å². The number of hydrogen-bond acceptors (Lipinski definition) is 3. The normalized spacial score (nSPS) is 19.5. The Morgan fingerprint density at radius 1 is 1.48 bits per heavy atom. The Kier molecular flexibility index (Phi) is 4.70. The second-order valence-corrected chi connectivity index (χ2v) is 6.29. The molecule has 1 aliphatic heterocycles. The van der Waals surface area contributed by atoms with Crippen molar-refractivity contribution in [2.24, 2.45) is 11.3 Å². The Balaban J connectivity index is 1.91. The van der Waals surface area contributed by atoms with Crippen molar-refractivity contribution in [3.63, 3.8) is 0 Å². The van der Waals surface area contributed by atoms with Gasteiger partial charge in [-0.1, -0.05) is 0 Å². The molecule has 1 N–H and O–H groups in total. The fraction of sp³-hybridized carbons (Fsp3) is 0.625. The number of nitrogens with zero attached hydrogens (tertiary/aromatic N) is 1. The molecule has 1 aromatic heterocycles. The van der Waals surface area contributed by atoms with Crippen LogP contribution in [0.1, 0.15) is 38.9 Å². The molecule has 0 spiro atoms. The van der Waals surface area contributed by atoms with E-state index in [1.54, 1.807) is 20.1 Å². The number of amides is 1. The highest BCUT2D eigenvalue weighted by molar-refractivity contribution is 5.77. The summed E-state index contributed by atoms with van der Waals surface area (Å²) in [6.07, 6.45) is 4.34. The van der Waals surface area contributed by atoms with Crippen molar-refractivity contribution in [1.82, 2.24) is 4.90 Å². The topological polar surface area (TPSA) is 70.8 Å². The number of furan rings is 1. The molecule has 0 radical (unpaired) electrons. The summed E-state index contributed by atoms with van der Waals surface area (Å²) in [6.45, 7) is 4.76. The number of carbonyl (C=O) groups is 2. The Labute approximate surface area is 124 Å². The summed E-state index contributed by atoms with van der Waals surface area (Å²) in [5.74, 6) is 0.105. The van der Waals surface area contributed by atoms with E-state index in [2.05, 4.69) is 0 Å². The first-order valence-electron chi connectivity index (χ1n) is 7.45. The predicted molar refractivity (Wildman–Crippen MR) is 77.7 cm³/mol. The molecule has 0 aliphatic carbocycles. The molecule has 2 heterocycles. The van der Waals surface area contributed by atoms with Gasteiger partial charge in [0.25, 0.3) is 0 Å². The number of hydrogen-bond donors (Lipinski definition) is 1. The van der Waals surface area contributed by atoms with Crippen LogP contribution in [0.25, 0.3) is 0 Å². The van der Waals surface area contributed by atoms with Crippen molar-refractivity contribution >= 4 is 11.9 Å². The van der Waals surface area contributed by atoms with Crippen LogP contribution in [0.4, 0.5) is 0 Å². The van der Waals surface area contributed by atoms with Gasteiger partial charge < -0.3 is 14.4 Å². The van der Waals surface area contributed by atoms with Crippen LogP contribution < -0.4 is 0 Å². The van der Waals surface area contributed by atoms with Gasteiger partial charge in [-0.25, -0.2) is 0 Å². The number of piperidine rings is 1. The monoisotopic (exact) mass is 293 g/mol. The minimum absolute atomic E-state index is 0.0105. The Morgan fingerprint density at radius 3 is 2.86 bits per heavy atom. The SMILES string of the molecule is CC(C)(C(=O)O)C1CCCN(C(=O)CCc2ccco2)C1. The summed E-state index contributed by atoms with van der Waals surface area (Å²) < 4.78 is 5.23. The van der Waals surface area contributed by atoms with E-state index in [1.807, 2.05) is 17.0 Å². The second-order valence-electron chi connectivity index (χ2n) is 6.29. The smallest absolute Gasteiger partial charge is 0.309 e. The van der Waals surface area contributed by atoms with Gasteiger partial charge in [0, 0.05) is 25.9 Å². The molecular weight excluding hydrogens is 270 g/mol. The number of aryl methyl sites for hydroxylation is 1. The average Bonchev–Trinajstić information content (AvgIpc) is 2.98. The maximum Gasteiger partial charge on any atom is 0.309 e. The van der Waals surface area contributed by atoms with Crippen LogP contribution in [0.2, 0.25) is 0 Å². The van der Waals surface area contributed by atoms with Gasteiger partial charge in [-0.2, -0.15) is 0 Å². The standard InChI is InChI=1S/C16H23NO4/c1-16(2,15(19)20)12-5-3-9-17(11-12)14(18)8-7-13-6-4-10-21-13/h4,6,10,12H,3,5,7-9,11H2,1-2H3,(H,19,20). The number of carboxylic acid groups (broad SMARTS) is 1. The van der Waals surface area contributed by atoms with E-state index >= 15 is 0 Å². The summed E-state index contributed by atoms with van der Waals surface area (Å²) in [4.78, 5) is 25.4. The van der Waals surface area contributed by atoms with Crippen LogP contribution in [0.3, 0.4) is 0 Å². The zero-order valence-corrected chi connectivity index (χ0v) is 12.7. The molecule has 1 fully saturated rings. The van der Waals surface area contributed by atoms with Crippen molar-refractivity contribution in [2.75, 3.05) is 13.1 Å². The third kappa shape index (κ3) is 3.65. The largest absolute Gasteiger partial charge is 0.481 e.